The van der Waals surface area contributed by atoms with E-state index in [-0.39, 0.29) is 0 Å². The van der Waals surface area contributed by atoms with Gasteiger partial charge in [0.15, 0.2) is 0 Å². The van der Waals surface area contributed by atoms with Gasteiger partial charge >= 0.3 is 0 Å². The molecule has 0 saturated carbocycles. The summed E-state index contributed by atoms with van der Waals surface area (Å²) in [7, 11) is 1.49. The van der Waals surface area contributed by atoms with Gasteiger partial charge in [-0.3, -0.25) is 4.98 Å². The molecule has 3 aromatic rings. The average molecular weight is 367 g/mol. The largest absolute Gasteiger partial charge is 0.497 e. The van der Waals surface area contributed by atoms with E-state index in [4.69, 9.17) is 4.74 Å². The molecule has 1 aromatic carbocycles. The number of nitrogens with zero attached hydrogens (tertiary/aromatic N) is 3. The number of pyridine rings is 1. The molecule has 0 aliphatic rings. The first-order valence-electron chi connectivity index (χ1n) is 8.55. The van der Waals surface area contributed by atoms with Gasteiger partial charge < -0.3 is 9.84 Å². The molecule has 0 bridgehead atoms. The Labute approximate surface area is 157 Å². The summed E-state index contributed by atoms with van der Waals surface area (Å²) >= 11 is 0. The molecule has 5 nitrogen and oxygen atoms in total. The quantitative estimate of drug-likeness (QED) is 0.756. The maximum absolute atomic E-state index is 14.3. The summed E-state index contributed by atoms with van der Waals surface area (Å²) in [5, 5.41) is 11.5. The molecule has 27 heavy (non-hydrogen) atoms. The average Bonchev–Trinajstić information content (AvgIpc) is 2.67. The Hall–Kier alpha value is -2.86. The second-order valence-corrected chi connectivity index (χ2v) is 7.37. The summed E-state index contributed by atoms with van der Waals surface area (Å²) in [6.07, 6.45) is 6.13. The van der Waals surface area contributed by atoms with Gasteiger partial charge in [0.25, 0.3) is 0 Å². The van der Waals surface area contributed by atoms with Crippen molar-refractivity contribution in [3.8, 4) is 16.9 Å². The van der Waals surface area contributed by atoms with Gasteiger partial charge in [-0.05, 0) is 18.2 Å². The smallest absolute Gasteiger partial charge is 0.139 e. The summed E-state index contributed by atoms with van der Waals surface area (Å²) in [6, 6.07) is 8.12. The van der Waals surface area contributed by atoms with Gasteiger partial charge in [-0.2, -0.15) is 0 Å². The Morgan fingerprint density at radius 2 is 1.70 bits per heavy atom. The van der Waals surface area contributed by atoms with Crippen LogP contribution >= 0.6 is 0 Å². The lowest BCUT2D eigenvalue weighted by molar-refractivity contribution is -0.0301. The highest BCUT2D eigenvalue weighted by atomic mass is 19.1. The summed E-state index contributed by atoms with van der Waals surface area (Å²) < 4.78 is 19.4. The van der Waals surface area contributed by atoms with Crippen molar-refractivity contribution in [3.05, 3.63) is 72.3 Å². The maximum Gasteiger partial charge on any atom is 0.139 e. The van der Waals surface area contributed by atoms with Crippen molar-refractivity contribution >= 4 is 0 Å². The molecule has 0 aliphatic heterocycles. The minimum atomic E-state index is -1.40. The van der Waals surface area contributed by atoms with Crippen LogP contribution in [0.2, 0.25) is 0 Å². The topological polar surface area (TPSA) is 68.1 Å². The fourth-order valence-corrected chi connectivity index (χ4v) is 3.08. The van der Waals surface area contributed by atoms with E-state index in [1.165, 1.54) is 19.5 Å². The van der Waals surface area contributed by atoms with Crippen LogP contribution in [-0.2, 0) is 5.60 Å². The molecule has 0 radical (unpaired) electrons. The third-order valence-corrected chi connectivity index (χ3v) is 4.69. The van der Waals surface area contributed by atoms with Crippen LogP contribution < -0.4 is 4.74 Å². The lowest BCUT2D eigenvalue weighted by Crippen LogP contribution is -2.42. The Kier molecular flexibility index (Phi) is 4.93. The number of hydrogen-bond donors (Lipinski definition) is 1. The van der Waals surface area contributed by atoms with Gasteiger partial charge in [-0.1, -0.05) is 26.8 Å². The zero-order chi connectivity index (χ0) is 19.7. The highest BCUT2D eigenvalue weighted by Crippen LogP contribution is 2.43. The highest BCUT2D eigenvalue weighted by molar-refractivity contribution is 5.64. The Morgan fingerprint density at radius 1 is 1.00 bits per heavy atom. The Bertz CT molecular complexity index is 924. The third-order valence-electron chi connectivity index (χ3n) is 4.69. The number of halogens is 1. The number of ether oxygens (including phenoxy) is 1. The lowest BCUT2D eigenvalue weighted by Gasteiger charge is -2.39. The van der Waals surface area contributed by atoms with Crippen molar-refractivity contribution in [2.45, 2.75) is 26.4 Å². The molecule has 0 spiro atoms. The van der Waals surface area contributed by atoms with Gasteiger partial charge in [-0.25, -0.2) is 14.4 Å². The van der Waals surface area contributed by atoms with E-state index in [2.05, 4.69) is 15.0 Å². The fraction of sp³-hybridized carbons (Fsp3) is 0.286. The van der Waals surface area contributed by atoms with Crippen LogP contribution in [0.1, 0.15) is 32.0 Å². The standard InChI is InChI=1S/C21H22FN3O2/c1-20(2,3)21(26,15-11-23-13-24-12-15)19-8-5-14(10-25-19)17-7-6-16(27-4)9-18(17)22/h5-13,26H,1-4H3. The Balaban J connectivity index is 2.05. The van der Waals surface area contributed by atoms with Gasteiger partial charge in [0, 0.05) is 46.8 Å². The predicted molar refractivity (Wildman–Crippen MR) is 101 cm³/mol. The molecule has 1 unspecified atom stereocenters. The molecule has 2 aromatic heterocycles. The number of benzene rings is 1. The molecule has 3 rings (SSSR count). The van der Waals surface area contributed by atoms with Gasteiger partial charge in [0.1, 0.15) is 23.5 Å². The molecule has 0 amide bonds. The molecule has 6 heteroatoms. The second kappa shape index (κ2) is 7.04. The van der Waals surface area contributed by atoms with Crippen LogP contribution in [0.4, 0.5) is 4.39 Å². The summed E-state index contributed by atoms with van der Waals surface area (Å²) in [6.45, 7) is 5.75. The van der Waals surface area contributed by atoms with E-state index >= 15 is 0 Å². The van der Waals surface area contributed by atoms with Crippen molar-refractivity contribution < 1.29 is 14.2 Å². The van der Waals surface area contributed by atoms with Crippen molar-refractivity contribution in [1.82, 2.24) is 15.0 Å². The molecule has 0 saturated heterocycles. The van der Waals surface area contributed by atoms with Gasteiger partial charge in [-0.15, -0.1) is 0 Å². The minimum absolute atomic E-state index is 0.397. The molecule has 140 valence electrons. The van der Waals surface area contributed by atoms with Crippen molar-refractivity contribution in [3.63, 3.8) is 0 Å². The third kappa shape index (κ3) is 3.40. The molecular weight excluding hydrogens is 345 g/mol. The second-order valence-electron chi connectivity index (χ2n) is 7.37. The zero-order valence-corrected chi connectivity index (χ0v) is 15.8. The molecular formula is C21H22FN3O2. The SMILES string of the molecule is COc1ccc(-c2ccc(C(O)(c3cncnc3)C(C)(C)C)nc2)c(F)c1. The fourth-order valence-electron chi connectivity index (χ4n) is 3.08. The monoisotopic (exact) mass is 367 g/mol. The van der Waals surface area contributed by atoms with Crippen LogP contribution in [0.15, 0.2) is 55.2 Å². The first kappa shape index (κ1) is 18.9. The van der Waals surface area contributed by atoms with Crippen molar-refractivity contribution in [2.75, 3.05) is 7.11 Å². The number of methoxy groups -OCH3 is 1. The van der Waals surface area contributed by atoms with Crippen LogP contribution in [0.3, 0.4) is 0 Å². The zero-order valence-electron chi connectivity index (χ0n) is 15.8. The molecule has 1 N–H and O–H groups in total. The van der Waals surface area contributed by atoms with Gasteiger partial charge in [0.05, 0.1) is 12.8 Å². The van der Waals surface area contributed by atoms with Crippen molar-refractivity contribution in [1.29, 1.82) is 0 Å². The maximum atomic E-state index is 14.3. The number of aromatic nitrogens is 3. The summed E-state index contributed by atoms with van der Waals surface area (Å²) in [5.41, 5.74) is 0.0514. The minimum Gasteiger partial charge on any atom is -0.497 e. The molecule has 0 aliphatic carbocycles. The Morgan fingerprint density at radius 3 is 2.22 bits per heavy atom. The summed E-state index contributed by atoms with van der Waals surface area (Å²) in [4.78, 5) is 12.5. The van der Waals surface area contributed by atoms with Crippen LogP contribution in [0.25, 0.3) is 11.1 Å². The van der Waals surface area contributed by atoms with E-state index in [0.717, 1.165) is 0 Å². The van der Waals surface area contributed by atoms with Crippen LogP contribution in [0.5, 0.6) is 5.75 Å². The van der Waals surface area contributed by atoms with E-state index in [9.17, 15) is 9.50 Å². The van der Waals surface area contributed by atoms with Crippen LogP contribution in [0, 0.1) is 11.2 Å². The molecule has 0 fully saturated rings. The van der Waals surface area contributed by atoms with Gasteiger partial charge in [0.2, 0.25) is 0 Å². The van der Waals surface area contributed by atoms with E-state index in [1.807, 2.05) is 20.8 Å². The highest BCUT2D eigenvalue weighted by Gasteiger charge is 2.45. The first-order valence-corrected chi connectivity index (χ1v) is 8.55. The summed E-state index contributed by atoms with van der Waals surface area (Å²) in [5.74, 6) is 0.0541. The van der Waals surface area contributed by atoms with Crippen LogP contribution in [-0.4, -0.2) is 27.2 Å². The molecule has 1 atom stereocenters. The number of hydrogen-bond acceptors (Lipinski definition) is 5. The van der Waals surface area contributed by atoms with E-state index < -0.39 is 16.8 Å². The van der Waals surface area contributed by atoms with Crippen molar-refractivity contribution in [2.24, 2.45) is 5.41 Å². The first-order chi connectivity index (χ1) is 12.8. The lowest BCUT2D eigenvalue weighted by atomic mass is 9.70. The normalized spacial score (nSPS) is 13.9. The van der Waals surface area contributed by atoms with E-state index in [1.54, 1.807) is 42.9 Å². The van der Waals surface area contributed by atoms with E-state index in [0.29, 0.717) is 28.1 Å². The molecule has 2 heterocycles. The number of aliphatic hydroxyl groups is 1. The number of rotatable bonds is 4. The predicted octanol–water partition coefficient (Wildman–Crippen LogP) is 3.97.